The Morgan fingerprint density at radius 3 is 2.57 bits per heavy atom. The maximum Gasteiger partial charge on any atom is 0.282 e. The van der Waals surface area contributed by atoms with Crippen LogP contribution < -0.4 is 5.32 Å². The van der Waals surface area contributed by atoms with Gasteiger partial charge in [-0.05, 0) is 53.7 Å². The number of hydrogen-bond donors (Lipinski definition) is 2. The number of rotatable bonds is 6. The second kappa shape index (κ2) is 7.81. The predicted molar refractivity (Wildman–Crippen MR) is 106 cm³/mol. The Kier molecular flexibility index (Phi) is 5.55. The third-order valence-electron chi connectivity index (χ3n) is 6.32. The molecule has 4 nitrogen and oxygen atoms in total. The third-order valence-corrected chi connectivity index (χ3v) is 7.03. The molecule has 0 spiro atoms. The SMILES string of the molecule is Cn1cc(C(O)Nc2cccc3c2[C@H]2CCC3[C@@H](CCl)C2CCl)c(C(F)F)n1. The molecule has 8 heteroatoms. The number of alkyl halides is 4. The standard InChI is InChI=1S/C20H23Cl2F2N3O/c1-27-9-15(18(26-27)19(23)24)20(28)25-16-4-2-3-11-10-5-6-12(17(11)16)14(8-22)13(10)7-21/h2-4,9-10,12-14,19-20,25,28H,5-8H2,1H3/t10?,12-,13+,14?,20?/m0/s1. The van der Waals surface area contributed by atoms with Gasteiger partial charge in [-0.3, -0.25) is 4.68 Å². The highest BCUT2D eigenvalue weighted by Gasteiger charge is 2.46. The summed E-state index contributed by atoms with van der Waals surface area (Å²) < 4.78 is 27.8. The molecule has 2 bridgehead atoms. The first kappa shape index (κ1) is 19.9. The minimum atomic E-state index is -2.75. The second-order valence-corrected chi connectivity index (χ2v) is 8.34. The molecule has 2 aromatic rings. The molecule has 1 fully saturated rings. The number of fused-ring (bicyclic) bond motifs is 2. The second-order valence-electron chi connectivity index (χ2n) is 7.73. The zero-order chi connectivity index (χ0) is 20.0. The van der Waals surface area contributed by atoms with Gasteiger partial charge in [-0.1, -0.05) is 12.1 Å². The van der Waals surface area contributed by atoms with Crippen LogP contribution in [0.1, 0.15) is 59.7 Å². The van der Waals surface area contributed by atoms with Crippen molar-refractivity contribution in [2.75, 3.05) is 17.1 Å². The number of aryl methyl sites for hydroxylation is 1. The molecule has 3 aliphatic carbocycles. The third kappa shape index (κ3) is 3.19. The van der Waals surface area contributed by atoms with E-state index >= 15 is 0 Å². The summed E-state index contributed by atoms with van der Waals surface area (Å²) in [6.07, 6.45) is -0.508. The van der Waals surface area contributed by atoms with Gasteiger partial charge in [0.1, 0.15) is 5.69 Å². The van der Waals surface area contributed by atoms with Crippen molar-refractivity contribution < 1.29 is 13.9 Å². The average Bonchev–Trinajstić information content (AvgIpc) is 3.10. The highest BCUT2D eigenvalue weighted by molar-refractivity contribution is 6.19. The summed E-state index contributed by atoms with van der Waals surface area (Å²) in [4.78, 5) is 0. The van der Waals surface area contributed by atoms with Gasteiger partial charge in [0.25, 0.3) is 6.43 Å². The molecule has 1 aromatic carbocycles. The smallest absolute Gasteiger partial charge is 0.282 e. The maximum atomic E-state index is 13.3. The lowest BCUT2D eigenvalue weighted by Gasteiger charge is -2.49. The Balaban J connectivity index is 1.70. The molecule has 5 atom stereocenters. The zero-order valence-electron chi connectivity index (χ0n) is 15.5. The van der Waals surface area contributed by atoms with Crippen LogP contribution in [0.4, 0.5) is 14.5 Å². The van der Waals surface area contributed by atoms with Crippen LogP contribution >= 0.6 is 23.2 Å². The number of aromatic nitrogens is 2. The van der Waals surface area contributed by atoms with Crippen molar-refractivity contribution in [3.63, 3.8) is 0 Å². The predicted octanol–water partition coefficient (Wildman–Crippen LogP) is 5.15. The molecular weight excluding hydrogens is 407 g/mol. The molecule has 1 heterocycles. The van der Waals surface area contributed by atoms with Crippen molar-refractivity contribution in [3.8, 4) is 0 Å². The van der Waals surface area contributed by atoms with Crippen molar-refractivity contribution in [2.45, 2.75) is 37.3 Å². The molecule has 1 aromatic heterocycles. The van der Waals surface area contributed by atoms with E-state index in [9.17, 15) is 13.9 Å². The molecule has 0 radical (unpaired) electrons. The lowest BCUT2D eigenvalue weighted by molar-refractivity contribution is 0.136. The first-order valence-corrected chi connectivity index (χ1v) is 10.5. The van der Waals surface area contributed by atoms with Crippen LogP contribution in [0, 0.1) is 11.8 Å². The van der Waals surface area contributed by atoms with Gasteiger partial charge in [0, 0.05) is 36.3 Å². The van der Waals surface area contributed by atoms with Gasteiger partial charge < -0.3 is 10.4 Å². The van der Waals surface area contributed by atoms with Crippen LogP contribution in [-0.2, 0) is 7.05 Å². The van der Waals surface area contributed by atoms with Crippen LogP contribution in [0.5, 0.6) is 0 Å². The van der Waals surface area contributed by atoms with Crippen LogP contribution in [0.25, 0.3) is 0 Å². The number of benzene rings is 1. The minimum absolute atomic E-state index is 0.0867. The van der Waals surface area contributed by atoms with E-state index in [4.69, 9.17) is 23.2 Å². The molecule has 0 amide bonds. The Morgan fingerprint density at radius 1 is 1.21 bits per heavy atom. The quantitative estimate of drug-likeness (QED) is 0.493. The molecule has 3 aliphatic rings. The number of nitrogens with one attached hydrogen (secondary N) is 1. The summed E-state index contributed by atoms with van der Waals surface area (Å²) in [5.41, 5.74) is 2.83. The molecule has 0 aliphatic heterocycles. The van der Waals surface area contributed by atoms with Gasteiger partial charge in [-0.15, -0.1) is 23.2 Å². The molecule has 2 N–H and O–H groups in total. The molecule has 5 rings (SSSR count). The minimum Gasteiger partial charge on any atom is -0.369 e. The van der Waals surface area contributed by atoms with Gasteiger partial charge >= 0.3 is 0 Å². The van der Waals surface area contributed by atoms with Crippen LogP contribution in [0.3, 0.4) is 0 Å². The number of halogens is 4. The van der Waals surface area contributed by atoms with E-state index in [2.05, 4.69) is 16.5 Å². The first-order chi connectivity index (χ1) is 13.5. The van der Waals surface area contributed by atoms with Crippen molar-refractivity contribution >= 4 is 28.9 Å². The van der Waals surface area contributed by atoms with Gasteiger partial charge in [0.15, 0.2) is 6.23 Å². The molecule has 3 unspecified atom stereocenters. The number of hydrogen-bond acceptors (Lipinski definition) is 3. The maximum absolute atomic E-state index is 13.3. The fourth-order valence-electron chi connectivity index (χ4n) is 5.15. The summed E-state index contributed by atoms with van der Waals surface area (Å²) in [6.45, 7) is 0. The fraction of sp³-hybridized carbons (Fsp3) is 0.550. The first-order valence-electron chi connectivity index (χ1n) is 9.47. The van der Waals surface area contributed by atoms with E-state index in [1.807, 2.05) is 12.1 Å². The molecule has 28 heavy (non-hydrogen) atoms. The van der Waals surface area contributed by atoms with Crippen LogP contribution in [-0.4, -0.2) is 26.6 Å². The summed E-state index contributed by atoms with van der Waals surface area (Å²) in [7, 11) is 1.56. The van der Waals surface area contributed by atoms with Gasteiger partial charge in [-0.2, -0.15) is 5.10 Å². The highest BCUT2D eigenvalue weighted by atomic mass is 35.5. The monoisotopic (exact) mass is 429 g/mol. The number of anilines is 1. The van der Waals surface area contributed by atoms with Gasteiger partial charge in [0.05, 0.1) is 0 Å². The molecule has 0 saturated heterocycles. The van der Waals surface area contributed by atoms with E-state index in [1.165, 1.54) is 16.4 Å². The number of nitrogens with zero attached hydrogens (tertiary/aromatic N) is 2. The van der Waals surface area contributed by atoms with E-state index in [-0.39, 0.29) is 17.4 Å². The fourth-order valence-corrected chi connectivity index (χ4v) is 6.04. The zero-order valence-corrected chi connectivity index (χ0v) is 17.0. The number of aliphatic hydroxyl groups excluding tert-OH is 1. The van der Waals surface area contributed by atoms with Crippen LogP contribution in [0.15, 0.2) is 24.4 Å². The molecular formula is C20H23Cl2F2N3O. The Morgan fingerprint density at radius 2 is 1.89 bits per heavy atom. The van der Waals surface area contributed by atoms with Crippen molar-refractivity contribution in [1.29, 1.82) is 0 Å². The van der Waals surface area contributed by atoms with Crippen LogP contribution in [0.2, 0.25) is 0 Å². The van der Waals surface area contributed by atoms with Gasteiger partial charge in [-0.25, -0.2) is 8.78 Å². The molecule has 152 valence electrons. The van der Waals surface area contributed by atoms with E-state index in [1.54, 1.807) is 7.05 Å². The highest BCUT2D eigenvalue weighted by Crippen LogP contribution is 2.58. The van der Waals surface area contributed by atoms with Crippen molar-refractivity contribution in [3.05, 3.63) is 46.8 Å². The van der Waals surface area contributed by atoms with Crippen molar-refractivity contribution in [1.82, 2.24) is 9.78 Å². The van der Waals surface area contributed by atoms with E-state index < -0.39 is 18.3 Å². The summed E-state index contributed by atoms with van der Waals surface area (Å²) in [5, 5.41) is 17.5. The summed E-state index contributed by atoms with van der Waals surface area (Å²) in [5.74, 6) is 2.32. The normalized spacial score (nSPS) is 27.1. The van der Waals surface area contributed by atoms with E-state index in [0.29, 0.717) is 23.6 Å². The van der Waals surface area contributed by atoms with Crippen molar-refractivity contribution in [2.24, 2.45) is 18.9 Å². The Bertz CT molecular complexity index is 860. The Labute approximate surface area is 172 Å². The number of aliphatic hydroxyl groups is 1. The topological polar surface area (TPSA) is 50.1 Å². The molecule has 1 saturated carbocycles. The summed E-state index contributed by atoms with van der Waals surface area (Å²) in [6, 6.07) is 5.94. The lowest BCUT2D eigenvalue weighted by Crippen LogP contribution is -2.40. The lowest BCUT2D eigenvalue weighted by atomic mass is 9.57. The van der Waals surface area contributed by atoms with Gasteiger partial charge in [0.2, 0.25) is 0 Å². The Hall–Kier alpha value is -1.37. The largest absolute Gasteiger partial charge is 0.369 e. The average molecular weight is 430 g/mol. The summed E-state index contributed by atoms with van der Waals surface area (Å²) >= 11 is 12.6. The van der Waals surface area contributed by atoms with E-state index in [0.717, 1.165) is 24.1 Å².